The van der Waals surface area contributed by atoms with Crippen molar-refractivity contribution in [1.82, 2.24) is 5.43 Å². The van der Waals surface area contributed by atoms with Crippen LogP contribution in [0.2, 0.25) is 0 Å². The van der Waals surface area contributed by atoms with E-state index in [0.717, 1.165) is 6.92 Å². The van der Waals surface area contributed by atoms with Crippen LogP contribution in [0, 0.1) is 0 Å². The molecule has 0 unspecified atom stereocenters. The highest BCUT2D eigenvalue weighted by Gasteiger charge is 1.65. The van der Waals surface area contributed by atoms with Crippen molar-refractivity contribution in [1.29, 1.82) is 0 Å². The molecule has 0 aliphatic heterocycles. The molecule has 0 aromatic rings. The van der Waals surface area contributed by atoms with Gasteiger partial charge in [0.05, 0.1) is 0 Å². The second-order valence-electron chi connectivity index (χ2n) is 0.804. The number of aliphatic carboxylic acids is 1. The van der Waals surface area contributed by atoms with E-state index in [0.29, 0.717) is 6.41 Å². The first-order valence-corrected chi connectivity index (χ1v) is 1.74. The first kappa shape index (κ1) is 10.0. The van der Waals surface area contributed by atoms with Crippen molar-refractivity contribution in [3.63, 3.8) is 0 Å². The van der Waals surface area contributed by atoms with Gasteiger partial charge in [0.15, 0.2) is 0 Å². The molecule has 0 aromatic carbocycles. The van der Waals surface area contributed by atoms with Gasteiger partial charge in [-0.1, -0.05) is 0 Å². The van der Waals surface area contributed by atoms with Crippen LogP contribution in [0.1, 0.15) is 6.92 Å². The van der Waals surface area contributed by atoms with Crippen molar-refractivity contribution in [2.24, 2.45) is 5.84 Å². The van der Waals surface area contributed by atoms with Gasteiger partial charge in [-0.3, -0.25) is 15.0 Å². The number of amides is 1. The number of carboxylic acids is 1. The monoisotopic (exact) mass is 120 g/mol. The molecule has 0 bridgehead atoms. The molecule has 0 atom stereocenters. The van der Waals surface area contributed by atoms with Crippen LogP contribution >= 0.6 is 0 Å². The Morgan fingerprint density at radius 1 is 1.88 bits per heavy atom. The van der Waals surface area contributed by atoms with Gasteiger partial charge in [0.1, 0.15) is 0 Å². The highest BCUT2D eigenvalue weighted by Crippen LogP contribution is 1.42. The first-order valence-electron chi connectivity index (χ1n) is 1.74. The maximum Gasteiger partial charge on any atom is 0.300 e. The van der Waals surface area contributed by atoms with Crippen LogP contribution in [0.3, 0.4) is 0 Å². The fourth-order valence-electron chi connectivity index (χ4n) is 0. The molecule has 1 amide bonds. The number of hydrazine groups is 1. The average molecular weight is 120 g/mol. The summed E-state index contributed by atoms with van der Waals surface area (Å²) in [5, 5.41) is 7.42. The van der Waals surface area contributed by atoms with Crippen LogP contribution in [-0.4, -0.2) is 17.5 Å². The predicted molar refractivity (Wildman–Crippen MR) is 26.7 cm³/mol. The molecule has 5 nitrogen and oxygen atoms in total. The highest BCUT2D eigenvalue weighted by atomic mass is 16.4. The maximum absolute atomic E-state index is 9.00. The van der Waals surface area contributed by atoms with E-state index in [2.05, 4.69) is 5.84 Å². The van der Waals surface area contributed by atoms with Crippen LogP contribution in [-0.2, 0) is 9.59 Å². The van der Waals surface area contributed by atoms with Gasteiger partial charge in [-0.25, -0.2) is 5.84 Å². The summed E-state index contributed by atoms with van der Waals surface area (Å²) in [4.78, 5) is 17.9. The van der Waals surface area contributed by atoms with E-state index in [9.17, 15) is 0 Å². The number of carbonyl (C=O) groups excluding carboxylic acids is 1. The fourth-order valence-corrected chi connectivity index (χ4v) is 0. The lowest BCUT2D eigenvalue weighted by molar-refractivity contribution is -0.134. The third-order valence-corrected chi connectivity index (χ3v) is 0.0680. The zero-order valence-corrected chi connectivity index (χ0v) is 4.42. The second kappa shape index (κ2) is 9.31. The topological polar surface area (TPSA) is 92.4 Å². The maximum atomic E-state index is 9.00. The molecule has 0 radical (unpaired) electrons. The molecular formula is C3H8N2O3. The summed E-state index contributed by atoms with van der Waals surface area (Å²) in [6, 6.07) is 0. The van der Waals surface area contributed by atoms with E-state index in [-0.39, 0.29) is 0 Å². The number of rotatable bonds is 1. The van der Waals surface area contributed by atoms with E-state index in [1.165, 1.54) is 0 Å². The quantitative estimate of drug-likeness (QED) is 0.173. The van der Waals surface area contributed by atoms with Gasteiger partial charge >= 0.3 is 0 Å². The van der Waals surface area contributed by atoms with Crippen molar-refractivity contribution in [2.45, 2.75) is 6.92 Å². The zero-order valence-electron chi connectivity index (χ0n) is 4.42. The van der Waals surface area contributed by atoms with Gasteiger partial charge in [-0.2, -0.15) is 0 Å². The van der Waals surface area contributed by atoms with Crippen LogP contribution in [0.5, 0.6) is 0 Å². The Balaban J connectivity index is 0. The van der Waals surface area contributed by atoms with E-state index >= 15 is 0 Å². The Labute approximate surface area is 46.5 Å². The van der Waals surface area contributed by atoms with Crippen molar-refractivity contribution < 1.29 is 14.7 Å². The summed E-state index contributed by atoms with van der Waals surface area (Å²) in [7, 11) is 0. The Kier molecular flexibility index (Phi) is 11.6. The largest absolute Gasteiger partial charge is 0.481 e. The van der Waals surface area contributed by atoms with Gasteiger partial charge in [-0.05, 0) is 0 Å². The molecule has 0 rings (SSSR count). The van der Waals surface area contributed by atoms with E-state index in [1.807, 2.05) is 0 Å². The van der Waals surface area contributed by atoms with Gasteiger partial charge in [-0.15, -0.1) is 0 Å². The van der Waals surface area contributed by atoms with Gasteiger partial charge < -0.3 is 5.11 Å². The Morgan fingerprint density at radius 3 is 2.00 bits per heavy atom. The average Bonchev–Trinajstić information content (AvgIpc) is 1.65. The van der Waals surface area contributed by atoms with Crippen molar-refractivity contribution in [2.75, 3.05) is 0 Å². The molecule has 0 spiro atoms. The minimum Gasteiger partial charge on any atom is -0.481 e. The smallest absolute Gasteiger partial charge is 0.300 e. The lowest BCUT2D eigenvalue weighted by atomic mass is 10.9. The standard InChI is InChI=1S/C2H4O2.CH4N2O/c1-2(3)4;2-3-1-4/h1H3,(H,3,4);1H,2H2,(H,3,4). The Morgan fingerprint density at radius 2 is 2.00 bits per heavy atom. The zero-order chi connectivity index (χ0) is 6.99. The molecule has 0 aliphatic carbocycles. The molecule has 0 aliphatic rings. The van der Waals surface area contributed by atoms with Gasteiger partial charge in [0, 0.05) is 6.92 Å². The number of hydrogen-bond donors (Lipinski definition) is 3. The van der Waals surface area contributed by atoms with Crippen LogP contribution in [0.15, 0.2) is 0 Å². The Bertz CT molecular complexity index is 68.9. The number of nitrogens with two attached hydrogens (primary N) is 1. The van der Waals surface area contributed by atoms with Crippen molar-refractivity contribution in [3.05, 3.63) is 0 Å². The Hall–Kier alpha value is -1.10. The highest BCUT2D eigenvalue weighted by molar-refractivity contribution is 5.62. The molecule has 0 fully saturated rings. The van der Waals surface area contributed by atoms with Crippen molar-refractivity contribution >= 4 is 12.4 Å². The molecule has 0 heterocycles. The van der Waals surface area contributed by atoms with Crippen LogP contribution < -0.4 is 11.3 Å². The summed E-state index contributed by atoms with van der Waals surface area (Å²) >= 11 is 0. The predicted octanol–water partition coefficient (Wildman–Crippen LogP) is -1.30. The van der Waals surface area contributed by atoms with Gasteiger partial charge in [0.25, 0.3) is 5.97 Å². The summed E-state index contributed by atoms with van der Waals surface area (Å²) in [6.45, 7) is 1.08. The molecule has 0 saturated heterocycles. The van der Waals surface area contributed by atoms with Crippen molar-refractivity contribution in [3.8, 4) is 0 Å². The molecule has 0 saturated carbocycles. The summed E-state index contributed by atoms with van der Waals surface area (Å²) in [5.74, 6) is 3.58. The molecule has 8 heavy (non-hydrogen) atoms. The molecule has 0 aromatic heterocycles. The number of carbonyl (C=O) groups is 2. The van der Waals surface area contributed by atoms with E-state index in [4.69, 9.17) is 14.7 Å². The minimum atomic E-state index is -0.833. The number of carboxylic acid groups (broad SMARTS) is 1. The number of hydrogen-bond acceptors (Lipinski definition) is 3. The third kappa shape index (κ3) is 7450. The van der Waals surface area contributed by atoms with E-state index in [1.54, 1.807) is 5.43 Å². The van der Waals surface area contributed by atoms with Crippen LogP contribution in [0.25, 0.3) is 0 Å². The SMILES string of the molecule is CC(=O)O.NNC=O. The minimum absolute atomic E-state index is 0.403. The van der Waals surface area contributed by atoms with Gasteiger partial charge in [0.2, 0.25) is 6.41 Å². The molecular weight excluding hydrogens is 112 g/mol. The first-order chi connectivity index (χ1) is 3.65. The molecule has 48 valence electrons. The number of nitrogens with one attached hydrogen (secondary N) is 1. The lowest BCUT2D eigenvalue weighted by Crippen LogP contribution is -2.18. The summed E-state index contributed by atoms with van der Waals surface area (Å²) < 4.78 is 0. The van der Waals surface area contributed by atoms with E-state index < -0.39 is 5.97 Å². The molecule has 5 heteroatoms. The fraction of sp³-hybridized carbons (Fsp3) is 0.333. The van der Waals surface area contributed by atoms with Crippen LogP contribution in [0.4, 0.5) is 0 Å². The molecule has 4 N–H and O–H groups in total. The third-order valence-electron chi connectivity index (χ3n) is 0.0680. The normalized spacial score (nSPS) is 5.75. The lowest BCUT2D eigenvalue weighted by Gasteiger charge is -1.66. The summed E-state index contributed by atoms with van der Waals surface area (Å²) in [5.41, 5.74) is 1.75. The second-order valence-corrected chi connectivity index (χ2v) is 0.804. The summed E-state index contributed by atoms with van der Waals surface area (Å²) in [6.07, 6.45) is 0.403.